The molecule has 1 aromatic carbocycles. The molecule has 0 radical (unpaired) electrons. The molecule has 0 saturated heterocycles. The highest BCUT2D eigenvalue weighted by atomic mass is 79.9. The Morgan fingerprint density at radius 1 is 1.42 bits per heavy atom. The van der Waals surface area contributed by atoms with E-state index >= 15 is 0 Å². The second-order valence-corrected chi connectivity index (χ2v) is 4.42. The van der Waals surface area contributed by atoms with Crippen LogP contribution in [0.4, 0.5) is 0 Å². The molecule has 0 atom stereocenters. The average Bonchev–Trinajstić information content (AvgIpc) is 2.42. The Hall–Kier alpha value is -1.82. The molecule has 0 bridgehead atoms. The second kappa shape index (κ2) is 7.58. The van der Waals surface area contributed by atoms with E-state index in [1.54, 1.807) is 25.3 Å². The Kier molecular flexibility index (Phi) is 6.08. The van der Waals surface area contributed by atoms with Gasteiger partial charge >= 0.3 is 5.97 Å². The number of benzene rings is 1. The van der Waals surface area contributed by atoms with Gasteiger partial charge in [0.25, 0.3) is 5.91 Å². The van der Waals surface area contributed by atoms with Crippen LogP contribution in [-0.2, 0) is 14.3 Å². The summed E-state index contributed by atoms with van der Waals surface area (Å²) < 4.78 is 10.8. The van der Waals surface area contributed by atoms with Gasteiger partial charge in [-0.15, -0.1) is 0 Å². The fourth-order valence-corrected chi connectivity index (χ4v) is 1.63. The van der Waals surface area contributed by atoms with Gasteiger partial charge in [0.05, 0.1) is 7.11 Å². The molecule has 0 saturated carbocycles. The zero-order chi connectivity index (χ0) is 14.3. The van der Waals surface area contributed by atoms with E-state index in [0.717, 1.165) is 10.0 Å². The smallest absolute Gasteiger partial charge is 0.331 e. The van der Waals surface area contributed by atoms with E-state index in [4.69, 9.17) is 9.47 Å². The van der Waals surface area contributed by atoms with Crippen LogP contribution in [0.15, 0.2) is 28.7 Å². The Bertz CT molecular complexity index is 499. The third-order valence-electron chi connectivity index (χ3n) is 2.22. The quantitative estimate of drug-likeness (QED) is 0.661. The van der Waals surface area contributed by atoms with Crippen LogP contribution in [0.3, 0.4) is 0 Å². The number of likely N-dealkylation sites (N-methyl/N-ethyl adjacent to an activating group) is 1. The van der Waals surface area contributed by atoms with Crippen molar-refractivity contribution in [2.45, 2.75) is 0 Å². The van der Waals surface area contributed by atoms with Crippen LogP contribution < -0.4 is 10.1 Å². The maximum absolute atomic E-state index is 11.4. The number of hydrogen-bond acceptors (Lipinski definition) is 4. The topological polar surface area (TPSA) is 64.6 Å². The van der Waals surface area contributed by atoms with E-state index < -0.39 is 5.97 Å². The van der Waals surface area contributed by atoms with Crippen LogP contribution in [0.25, 0.3) is 6.08 Å². The molecule has 1 aromatic rings. The summed E-state index contributed by atoms with van der Waals surface area (Å²) in [5.41, 5.74) is 0.730. The maximum Gasteiger partial charge on any atom is 0.331 e. The summed E-state index contributed by atoms with van der Waals surface area (Å²) >= 11 is 3.33. The molecular formula is C13H14BrNO4. The van der Waals surface area contributed by atoms with Gasteiger partial charge in [-0.25, -0.2) is 4.79 Å². The van der Waals surface area contributed by atoms with Gasteiger partial charge in [0.15, 0.2) is 6.61 Å². The number of nitrogens with one attached hydrogen (secondary N) is 1. The largest absolute Gasteiger partial charge is 0.496 e. The molecule has 102 valence electrons. The highest BCUT2D eigenvalue weighted by molar-refractivity contribution is 9.10. The van der Waals surface area contributed by atoms with E-state index in [-0.39, 0.29) is 12.5 Å². The molecule has 0 unspecified atom stereocenters. The van der Waals surface area contributed by atoms with Crippen LogP contribution in [-0.4, -0.2) is 32.6 Å². The number of hydrogen-bond donors (Lipinski definition) is 1. The van der Waals surface area contributed by atoms with E-state index in [2.05, 4.69) is 21.2 Å². The number of carbonyl (C=O) groups is 2. The molecule has 0 aromatic heterocycles. The number of methoxy groups -OCH3 is 1. The minimum Gasteiger partial charge on any atom is -0.496 e. The van der Waals surface area contributed by atoms with E-state index in [9.17, 15) is 9.59 Å². The fourth-order valence-electron chi connectivity index (χ4n) is 1.25. The molecule has 19 heavy (non-hydrogen) atoms. The zero-order valence-corrected chi connectivity index (χ0v) is 12.2. The van der Waals surface area contributed by atoms with Crippen LogP contribution in [0, 0.1) is 0 Å². The lowest BCUT2D eigenvalue weighted by Gasteiger charge is -2.05. The van der Waals surface area contributed by atoms with Gasteiger partial charge in [-0.2, -0.15) is 0 Å². The van der Waals surface area contributed by atoms with Gasteiger partial charge < -0.3 is 14.8 Å². The maximum atomic E-state index is 11.4. The number of ether oxygens (including phenoxy) is 2. The SMILES string of the molecule is CNC(=O)COC(=O)/C=C/c1cc(Br)ccc1OC. The average molecular weight is 328 g/mol. The first-order chi connectivity index (χ1) is 9.06. The summed E-state index contributed by atoms with van der Waals surface area (Å²) in [6.07, 6.45) is 2.81. The third kappa shape index (κ3) is 5.13. The van der Waals surface area contributed by atoms with Gasteiger partial charge in [0.2, 0.25) is 0 Å². The van der Waals surface area contributed by atoms with Gasteiger partial charge in [-0.3, -0.25) is 4.79 Å². The lowest BCUT2D eigenvalue weighted by atomic mass is 10.2. The Morgan fingerprint density at radius 2 is 2.16 bits per heavy atom. The van der Waals surface area contributed by atoms with Crippen molar-refractivity contribution in [3.8, 4) is 5.75 Å². The summed E-state index contributed by atoms with van der Waals surface area (Å²) in [7, 11) is 3.02. The molecule has 0 heterocycles. The standard InChI is InChI=1S/C13H14BrNO4/c1-15-12(16)8-19-13(17)6-3-9-7-10(14)4-5-11(9)18-2/h3-7H,8H2,1-2H3,(H,15,16)/b6-3+. The molecule has 0 aliphatic carbocycles. The summed E-state index contributed by atoms with van der Waals surface area (Å²) in [6, 6.07) is 5.42. The van der Waals surface area contributed by atoms with Crippen molar-refractivity contribution >= 4 is 33.9 Å². The van der Waals surface area contributed by atoms with Crippen molar-refractivity contribution in [1.82, 2.24) is 5.32 Å². The highest BCUT2D eigenvalue weighted by Crippen LogP contribution is 2.24. The molecule has 1 amide bonds. The molecule has 5 nitrogen and oxygen atoms in total. The van der Waals surface area contributed by atoms with Crippen molar-refractivity contribution < 1.29 is 19.1 Å². The van der Waals surface area contributed by atoms with Gasteiger partial charge in [-0.05, 0) is 24.3 Å². The summed E-state index contributed by atoms with van der Waals surface area (Å²) in [5, 5.41) is 2.35. The minimum absolute atomic E-state index is 0.296. The lowest BCUT2D eigenvalue weighted by Crippen LogP contribution is -2.24. The van der Waals surface area contributed by atoms with Crippen LogP contribution in [0.5, 0.6) is 5.75 Å². The number of halogens is 1. The first-order valence-corrected chi connectivity index (χ1v) is 6.25. The van der Waals surface area contributed by atoms with Crippen molar-refractivity contribution in [3.05, 3.63) is 34.3 Å². The molecule has 0 aliphatic rings. The first-order valence-electron chi connectivity index (χ1n) is 5.45. The monoisotopic (exact) mass is 327 g/mol. The predicted molar refractivity (Wildman–Crippen MR) is 74.8 cm³/mol. The molecular weight excluding hydrogens is 314 g/mol. The van der Waals surface area contributed by atoms with E-state index in [1.165, 1.54) is 13.1 Å². The second-order valence-electron chi connectivity index (χ2n) is 3.50. The molecule has 0 fully saturated rings. The van der Waals surface area contributed by atoms with Crippen LogP contribution in [0.2, 0.25) is 0 Å². The number of esters is 1. The minimum atomic E-state index is -0.592. The van der Waals surface area contributed by atoms with Gasteiger partial charge in [0, 0.05) is 23.2 Å². The predicted octanol–water partition coefficient (Wildman–Crippen LogP) is 1.76. The highest BCUT2D eigenvalue weighted by Gasteiger charge is 2.04. The van der Waals surface area contributed by atoms with Gasteiger partial charge in [0.1, 0.15) is 5.75 Å². The van der Waals surface area contributed by atoms with Crippen molar-refractivity contribution in [2.24, 2.45) is 0 Å². The van der Waals surface area contributed by atoms with Crippen LogP contribution in [0.1, 0.15) is 5.56 Å². The molecule has 1 N–H and O–H groups in total. The Labute approximate surface area is 119 Å². The third-order valence-corrected chi connectivity index (χ3v) is 2.71. The van der Waals surface area contributed by atoms with Crippen molar-refractivity contribution in [2.75, 3.05) is 20.8 Å². The Morgan fingerprint density at radius 3 is 2.79 bits per heavy atom. The lowest BCUT2D eigenvalue weighted by molar-refractivity contribution is -0.143. The molecule has 0 aliphatic heterocycles. The van der Waals surface area contributed by atoms with E-state index in [0.29, 0.717) is 5.75 Å². The normalized spacial score (nSPS) is 10.3. The fraction of sp³-hybridized carbons (Fsp3) is 0.231. The summed E-state index contributed by atoms with van der Waals surface area (Å²) in [4.78, 5) is 22.3. The Balaban J connectivity index is 2.68. The molecule has 6 heteroatoms. The van der Waals surface area contributed by atoms with Crippen LogP contribution >= 0.6 is 15.9 Å². The van der Waals surface area contributed by atoms with Gasteiger partial charge in [-0.1, -0.05) is 15.9 Å². The molecule has 1 rings (SSSR count). The number of carbonyl (C=O) groups excluding carboxylic acids is 2. The molecule has 0 spiro atoms. The van der Waals surface area contributed by atoms with Crippen molar-refractivity contribution in [3.63, 3.8) is 0 Å². The summed E-state index contributed by atoms with van der Waals surface area (Å²) in [6.45, 7) is -0.296. The zero-order valence-electron chi connectivity index (χ0n) is 10.6. The van der Waals surface area contributed by atoms with E-state index in [1.807, 2.05) is 6.07 Å². The number of amides is 1. The summed E-state index contributed by atoms with van der Waals surface area (Å²) in [5.74, 6) is -0.314. The van der Waals surface area contributed by atoms with Crippen molar-refractivity contribution in [1.29, 1.82) is 0 Å². The first kappa shape index (κ1) is 15.2. The number of rotatable bonds is 5.